The van der Waals surface area contributed by atoms with Crippen LogP contribution in [0, 0.1) is 11.8 Å². The molecule has 0 aromatic rings. The summed E-state index contributed by atoms with van der Waals surface area (Å²) in [5.41, 5.74) is 5.80. The number of hydrogen-bond donors (Lipinski definition) is 2. The number of nitrogens with two attached hydrogens (primary N) is 1. The van der Waals surface area contributed by atoms with Crippen LogP contribution < -0.4 is 11.1 Å². The van der Waals surface area contributed by atoms with E-state index >= 15 is 0 Å². The minimum absolute atomic E-state index is 0.538. The second kappa shape index (κ2) is 1.70. The summed E-state index contributed by atoms with van der Waals surface area (Å²) in [6, 6.07) is 1.28. The molecule has 52 valence electrons. The van der Waals surface area contributed by atoms with Crippen molar-refractivity contribution in [3.8, 4) is 0 Å². The van der Waals surface area contributed by atoms with Gasteiger partial charge in [-0.2, -0.15) is 0 Å². The molecule has 2 nitrogen and oxygen atoms in total. The third kappa shape index (κ3) is 0.634. The molecule has 2 rings (SSSR count). The van der Waals surface area contributed by atoms with Crippen molar-refractivity contribution < 1.29 is 0 Å². The van der Waals surface area contributed by atoms with Crippen molar-refractivity contribution in [3.05, 3.63) is 0 Å². The molecule has 3 N–H and O–H groups in total. The predicted octanol–water partition coefficient (Wildman–Crippen LogP) is -0.0585. The highest BCUT2D eigenvalue weighted by Gasteiger charge is 2.55. The minimum atomic E-state index is 0.538. The molecule has 1 aliphatic carbocycles. The Morgan fingerprint density at radius 1 is 1.67 bits per heavy atom. The lowest BCUT2D eigenvalue weighted by Gasteiger charge is -2.10. The Kier molecular flexibility index (Phi) is 1.08. The number of nitrogens with one attached hydrogen (secondary N) is 1. The highest BCUT2D eigenvalue weighted by atomic mass is 15.1. The molecule has 0 amide bonds. The first-order valence-electron chi connectivity index (χ1n) is 3.83. The average molecular weight is 126 g/mol. The summed E-state index contributed by atoms with van der Waals surface area (Å²) < 4.78 is 0. The van der Waals surface area contributed by atoms with E-state index in [4.69, 9.17) is 5.73 Å². The van der Waals surface area contributed by atoms with Gasteiger partial charge in [-0.15, -0.1) is 0 Å². The maximum atomic E-state index is 5.80. The smallest absolute Gasteiger partial charge is 0.0130 e. The van der Waals surface area contributed by atoms with Crippen molar-refractivity contribution in [2.24, 2.45) is 17.6 Å². The van der Waals surface area contributed by atoms with Gasteiger partial charge in [0, 0.05) is 18.6 Å². The Morgan fingerprint density at radius 2 is 2.44 bits per heavy atom. The molecule has 1 saturated carbocycles. The summed E-state index contributed by atoms with van der Waals surface area (Å²) in [5.74, 6) is 1.66. The molecule has 0 unspecified atom stereocenters. The normalized spacial score (nSPS) is 55.3. The van der Waals surface area contributed by atoms with Crippen LogP contribution in [0.3, 0.4) is 0 Å². The summed E-state index contributed by atoms with van der Waals surface area (Å²) in [7, 11) is 0. The molecule has 2 aliphatic rings. The minimum Gasteiger partial charge on any atom is -0.327 e. The van der Waals surface area contributed by atoms with Crippen LogP contribution >= 0.6 is 0 Å². The Labute approximate surface area is 55.8 Å². The van der Waals surface area contributed by atoms with Crippen molar-refractivity contribution in [2.45, 2.75) is 25.4 Å². The van der Waals surface area contributed by atoms with Gasteiger partial charge in [0.05, 0.1) is 0 Å². The van der Waals surface area contributed by atoms with E-state index in [1.807, 2.05) is 0 Å². The van der Waals surface area contributed by atoms with Gasteiger partial charge in [-0.05, 0) is 18.3 Å². The molecule has 0 spiro atoms. The zero-order valence-corrected chi connectivity index (χ0v) is 5.80. The van der Waals surface area contributed by atoms with Gasteiger partial charge in [0.15, 0.2) is 0 Å². The van der Waals surface area contributed by atoms with Crippen LogP contribution in [0.25, 0.3) is 0 Å². The zero-order valence-electron chi connectivity index (χ0n) is 5.80. The van der Waals surface area contributed by atoms with E-state index in [1.165, 1.54) is 13.0 Å². The van der Waals surface area contributed by atoms with Gasteiger partial charge in [-0.3, -0.25) is 0 Å². The molecule has 9 heavy (non-hydrogen) atoms. The second-order valence-corrected chi connectivity index (χ2v) is 3.24. The van der Waals surface area contributed by atoms with Crippen molar-refractivity contribution in [2.75, 3.05) is 6.54 Å². The molecule has 2 fully saturated rings. The summed E-state index contributed by atoms with van der Waals surface area (Å²) >= 11 is 0. The second-order valence-electron chi connectivity index (χ2n) is 3.24. The Balaban J connectivity index is 1.99. The van der Waals surface area contributed by atoms with Crippen LogP contribution in [-0.4, -0.2) is 18.6 Å². The molecule has 0 aromatic heterocycles. The quantitative estimate of drug-likeness (QED) is 0.516. The van der Waals surface area contributed by atoms with Gasteiger partial charge >= 0.3 is 0 Å². The van der Waals surface area contributed by atoms with E-state index in [9.17, 15) is 0 Å². The molecular formula is C7H14N2. The van der Waals surface area contributed by atoms with Crippen LogP contribution in [0.1, 0.15) is 13.3 Å². The SMILES string of the molecule is CC[C@H]1NC[C@H]2[C@H](N)[C@H]21. The van der Waals surface area contributed by atoms with E-state index in [0.29, 0.717) is 6.04 Å². The van der Waals surface area contributed by atoms with E-state index in [-0.39, 0.29) is 0 Å². The van der Waals surface area contributed by atoms with Crippen molar-refractivity contribution in [1.82, 2.24) is 5.32 Å². The van der Waals surface area contributed by atoms with E-state index in [1.54, 1.807) is 0 Å². The molecule has 1 heterocycles. The predicted molar refractivity (Wildman–Crippen MR) is 37.0 cm³/mol. The van der Waals surface area contributed by atoms with Gasteiger partial charge in [-0.1, -0.05) is 6.92 Å². The third-order valence-corrected chi connectivity index (χ3v) is 2.81. The van der Waals surface area contributed by atoms with E-state index < -0.39 is 0 Å². The van der Waals surface area contributed by atoms with Crippen LogP contribution in [0.2, 0.25) is 0 Å². The molecule has 0 aromatic carbocycles. The molecule has 4 atom stereocenters. The standard InChI is InChI=1S/C7H14N2/c1-2-5-6-4(3-9-5)7(6)8/h4-7,9H,2-3,8H2,1H3/t4-,5-,6-,7+/m1/s1. The maximum absolute atomic E-state index is 5.80. The van der Waals surface area contributed by atoms with Gasteiger partial charge < -0.3 is 11.1 Å². The van der Waals surface area contributed by atoms with Crippen LogP contribution in [-0.2, 0) is 0 Å². The van der Waals surface area contributed by atoms with Gasteiger partial charge in [-0.25, -0.2) is 0 Å². The lowest BCUT2D eigenvalue weighted by Crippen LogP contribution is -2.31. The number of piperidine rings is 1. The first-order chi connectivity index (χ1) is 4.34. The lowest BCUT2D eigenvalue weighted by atomic mass is 10.1. The average Bonchev–Trinajstić information content (AvgIpc) is 2.41. The van der Waals surface area contributed by atoms with Crippen LogP contribution in [0.4, 0.5) is 0 Å². The number of fused-ring (bicyclic) bond motifs is 1. The molecule has 2 heteroatoms. The molecule has 0 radical (unpaired) electrons. The zero-order chi connectivity index (χ0) is 6.43. The Bertz CT molecular complexity index is 124. The topological polar surface area (TPSA) is 38.0 Å². The highest BCUT2D eigenvalue weighted by Crippen LogP contribution is 2.44. The Morgan fingerprint density at radius 3 is 2.78 bits per heavy atom. The summed E-state index contributed by atoms with van der Waals surface area (Å²) in [6.07, 6.45) is 1.24. The highest BCUT2D eigenvalue weighted by molar-refractivity contribution is 5.12. The lowest BCUT2D eigenvalue weighted by molar-refractivity contribution is 0.500. The number of rotatable bonds is 1. The molecule has 1 aliphatic heterocycles. The maximum Gasteiger partial charge on any atom is 0.0130 e. The van der Waals surface area contributed by atoms with Crippen LogP contribution in [0.5, 0.6) is 0 Å². The summed E-state index contributed by atoms with van der Waals surface area (Å²) in [5, 5.41) is 3.46. The fraction of sp³-hybridized carbons (Fsp3) is 1.00. The molecule has 0 bridgehead atoms. The molecular weight excluding hydrogens is 112 g/mol. The first kappa shape index (κ1) is 5.69. The number of hydrogen-bond acceptors (Lipinski definition) is 2. The largest absolute Gasteiger partial charge is 0.327 e. The van der Waals surface area contributed by atoms with E-state index in [0.717, 1.165) is 17.9 Å². The van der Waals surface area contributed by atoms with Crippen molar-refractivity contribution >= 4 is 0 Å². The third-order valence-electron chi connectivity index (χ3n) is 2.81. The summed E-state index contributed by atoms with van der Waals surface area (Å²) in [4.78, 5) is 0. The van der Waals surface area contributed by atoms with Crippen molar-refractivity contribution in [3.63, 3.8) is 0 Å². The fourth-order valence-corrected chi connectivity index (χ4v) is 2.11. The van der Waals surface area contributed by atoms with Crippen molar-refractivity contribution in [1.29, 1.82) is 0 Å². The summed E-state index contributed by atoms with van der Waals surface area (Å²) in [6.45, 7) is 3.40. The van der Waals surface area contributed by atoms with E-state index in [2.05, 4.69) is 12.2 Å². The molecule has 1 saturated heterocycles. The van der Waals surface area contributed by atoms with Gasteiger partial charge in [0.2, 0.25) is 0 Å². The van der Waals surface area contributed by atoms with Crippen LogP contribution in [0.15, 0.2) is 0 Å². The van der Waals surface area contributed by atoms with Gasteiger partial charge in [0.25, 0.3) is 0 Å². The van der Waals surface area contributed by atoms with Gasteiger partial charge in [0.1, 0.15) is 0 Å². The fourth-order valence-electron chi connectivity index (χ4n) is 2.11. The monoisotopic (exact) mass is 126 g/mol. The first-order valence-corrected chi connectivity index (χ1v) is 3.83. The Hall–Kier alpha value is -0.0800.